The van der Waals surface area contributed by atoms with Crippen LogP contribution >= 0.6 is 0 Å². The fourth-order valence-electron chi connectivity index (χ4n) is 3.92. The highest BCUT2D eigenvalue weighted by atomic mass is 16.6. The maximum atomic E-state index is 11.9. The van der Waals surface area contributed by atoms with Gasteiger partial charge in [0, 0.05) is 24.1 Å². The summed E-state index contributed by atoms with van der Waals surface area (Å²) in [6, 6.07) is 0. The third-order valence-electron chi connectivity index (χ3n) is 6.18. The third-order valence-corrected chi connectivity index (χ3v) is 6.18. The number of carbonyl (C=O) groups is 4. The van der Waals surface area contributed by atoms with Crippen LogP contribution in [-0.4, -0.2) is 60.5 Å². The van der Waals surface area contributed by atoms with Crippen molar-refractivity contribution in [2.75, 3.05) is 13.2 Å². The van der Waals surface area contributed by atoms with Gasteiger partial charge in [-0.15, -0.1) is 0 Å². The Balaban J connectivity index is 4.25. The molecule has 3 atom stereocenters. The molecule has 0 spiro atoms. The van der Waals surface area contributed by atoms with Gasteiger partial charge in [-0.1, -0.05) is 58.8 Å². The summed E-state index contributed by atoms with van der Waals surface area (Å²) in [5.41, 5.74) is 0.229. The molecule has 3 unspecified atom stereocenters. The Labute approximate surface area is 240 Å². The molecule has 1 N–H and O–H groups in total. The minimum absolute atomic E-state index is 0.165. The van der Waals surface area contributed by atoms with Crippen LogP contribution in [0.2, 0.25) is 0 Å². The van der Waals surface area contributed by atoms with Crippen molar-refractivity contribution in [1.82, 2.24) is 0 Å². The van der Waals surface area contributed by atoms with Crippen LogP contribution in [0.3, 0.4) is 0 Å². The van der Waals surface area contributed by atoms with Crippen LogP contribution in [0, 0.1) is 0 Å². The van der Waals surface area contributed by atoms with Crippen molar-refractivity contribution in [3.05, 3.63) is 37.5 Å². The van der Waals surface area contributed by atoms with Crippen LogP contribution in [0.25, 0.3) is 0 Å². The fourth-order valence-corrected chi connectivity index (χ4v) is 3.92. The van der Waals surface area contributed by atoms with E-state index in [1.54, 1.807) is 0 Å². The van der Waals surface area contributed by atoms with E-state index in [1.165, 1.54) is 19.1 Å². The van der Waals surface area contributed by atoms with Gasteiger partial charge in [-0.2, -0.15) is 0 Å². The predicted molar refractivity (Wildman–Crippen MR) is 153 cm³/mol. The Bertz CT molecular complexity index is 790. The maximum absolute atomic E-state index is 11.9. The number of aliphatic hydroxyl groups is 1. The zero-order chi connectivity index (χ0) is 30.2. The van der Waals surface area contributed by atoms with Gasteiger partial charge >= 0.3 is 23.9 Å². The lowest BCUT2D eigenvalue weighted by atomic mass is 10.00. The lowest BCUT2D eigenvalue weighted by Gasteiger charge is -2.20. The normalized spacial score (nSPS) is 12.9. The second kappa shape index (κ2) is 23.9. The summed E-state index contributed by atoms with van der Waals surface area (Å²) in [4.78, 5) is 46.6. The van der Waals surface area contributed by atoms with E-state index in [9.17, 15) is 24.3 Å². The van der Waals surface area contributed by atoms with Gasteiger partial charge in [0.15, 0.2) is 0 Å². The van der Waals surface area contributed by atoms with Crippen LogP contribution in [0.5, 0.6) is 0 Å². The van der Waals surface area contributed by atoms with Gasteiger partial charge in [0.1, 0.15) is 31.5 Å². The number of hydrogen-bond donors (Lipinski definition) is 1. The first-order valence-electron chi connectivity index (χ1n) is 14.4. The summed E-state index contributed by atoms with van der Waals surface area (Å²) in [5.74, 6) is -1.87. The van der Waals surface area contributed by atoms with E-state index in [4.69, 9.17) is 18.9 Å². The Morgan fingerprint density at radius 3 is 1.73 bits per heavy atom. The summed E-state index contributed by atoms with van der Waals surface area (Å²) in [6.45, 7) is 13.5. The van der Waals surface area contributed by atoms with Gasteiger partial charge < -0.3 is 24.1 Å². The van der Waals surface area contributed by atoms with Crippen LogP contribution in [0.15, 0.2) is 37.5 Å². The van der Waals surface area contributed by atoms with Gasteiger partial charge in [-0.25, -0.2) is 14.4 Å². The first kappa shape index (κ1) is 37.1. The van der Waals surface area contributed by atoms with Crippen LogP contribution in [-0.2, 0) is 38.1 Å². The molecule has 228 valence electrons. The zero-order valence-corrected chi connectivity index (χ0v) is 24.5. The van der Waals surface area contributed by atoms with Crippen molar-refractivity contribution in [2.45, 2.75) is 122 Å². The summed E-state index contributed by atoms with van der Waals surface area (Å²) >= 11 is 0. The Hall–Kier alpha value is -2.94. The van der Waals surface area contributed by atoms with Crippen LogP contribution in [0.1, 0.15) is 104 Å². The maximum Gasteiger partial charge on any atom is 0.333 e. The van der Waals surface area contributed by atoms with Crippen molar-refractivity contribution in [3.8, 4) is 0 Å². The molecular formula is C31H50O9. The fraction of sp³-hybridized carbons (Fsp3) is 0.677. The van der Waals surface area contributed by atoms with Crippen molar-refractivity contribution >= 4 is 23.9 Å². The number of esters is 4. The summed E-state index contributed by atoms with van der Waals surface area (Å²) in [5, 5.41) is 9.74. The predicted octanol–water partition coefficient (Wildman–Crippen LogP) is 5.69. The molecule has 9 heteroatoms. The second-order valence-corrected chi connectivity index (χ2v) is 9.97. The summed E-state index contributed by atoms with van der Waals surface area (Å²) < 4.78 is 20.9. The SMILES string of the molecule is C=CC(=O)OC(CCCCC)CCCC(CCCCCCCC(=O)OCC(O)COC(=O)C(=C)C)OC(=O)C=C. The molecule has 40 heavy (non-hydrogen) atoms. The van der Waals surface area contributed by atoms with Crippen molar-refractivity contribution in [3.63, 3.8) is 0 Å². The molecule has 0 saturated carbocycles. The van der Waals surface area contributed by atoms with Crippen LogP contribution in [0.4, 0.5) is 0 Å². The molecule has 0 rings (SSSR count). The highest BCUT2D eigenvalue weighted by Gasteiger charge is 2.17. The quantitative estimate of drug-likeness (QED) is 0.0642. The van der Waals surface area contributed by atoms with E-state index in [0.717, 1.165) is 64.2 Å². The first-order valence-corrected chi connectivity index (χ1v) is 14.4. The molecular weight excluding hydrogens is 516 g/mol. The van der Waals surface area contributed by atoms with E-state index in [2.05, 4.69) is 26.7 Å². The third kappa shape index (κ3) is 21.0. The Morgan fingerprint density at radius 2 is 1.20 bits per heavy atom. The van der Waals surface area contributed by atoms with Crippen molar-refractivity contribution < 1.29 is 43.2 Å². The number of carbonyl (C=O) groups excluding carboxylic acids is 4. The van der Waals surface area contributed by atoms with Gasteiger partial charge in [-0.05, 0) is 58.3 Å². The number of ether oxygens (including phenoxy) is 4. The minimum atomic E-state index is -1.08. The van der Waals surface area contributed by atoms with Gasteiger partial charge in [-0.3, -0.25) is 4.79 Å². The molecule has 0 bridgehead atoms. The molecule has 0 aromatic carbocycles. The number of rotatable bonds is 25. The average molecular weight is 567 g/mol. The number of hydrogen-bond acceptors (Lipinski definition) is 9. The number of aliphatic hydroxyl groups excluding tert-OH is 1. The molecule has 0 aromatic heterocycles. The largest absolute Gasteiger partial charge is 0.463 e. The van der Waals surface area contributed by atoms with E-state index in [1.807, 2.05) is 0 Å². The van der Waals surface area contributed by atoms with E-state index in [-0.39, 0.29) is 37.4 Å². The molecule has 0 aliphatic rings. The molecule has 0 saturated heterocycles. The van der Waals surface area contributed by atoms with Gasteiger partial charge in [0.2, 0.25) is 0 Å². The second-order valence-electron chi connectivity index (χ2n) is 9.97. The lowest BCUT2D eigenvalue weighted by Crippen LogP contribution is -2.25. The van der Waals surface area contributed by atoms with Crippen LogP contribution < -0.4 is 0 Å². The molecule has 0 aliphatic heterocycles. The molecule has 0 fully saturated rings. The smallest absolute Gasteiger partial charge is 0.333 e. The molecule has 9 nitrogen and oxygen atoms in total. The van der Waals surface area contributed by atoms with Crippen molar-refractivity contribution in [2.24, 2.45) is 0 Å². The van der Waals surface area contributed by atoms with E-state index >= 15 is 0 Å². The van der Waals surface area contributed by atoms with E-state index in [0.29, 0.717) is 19.3 Å². The summed E-state index contributed by atoms with van der Waals surface area (Å²) in [7, 11) is 0. The number of unbranched alkanes of at least 4 members (excludes halogenated alkanes) is 6. The van der Waals surface area contributed by atoms with E-state index < -0.39 is 30.0 Å². The Morgan fingerprint density at radius 1 is 0.725 bits per heavy atom. The lowest BCUT2D eigenvalue weighted by molar-refractivity contribution is -0.150. The topological polar surface area (TPSA) is 125 Å². The van der Waals surface area contributed by atoms with Gasteiger partial charge in [0.25, 0.3) is 0 Å². The average Bonchev–Trinajstić information content (AvgIpc) is 2.93. The zero-order valence-electron chi connectivity index (χ0n) is 24.5. The Kier molecular flexibility index (Phi) is 22.1. The minimum Gasteiger partial charge on any atom is -0.463 e. The standard InChI is InChI=1S/C31H50O9/c1-6-9-13-17-26(39-28(33)7-2)19-16-20-27(40-29(34)8-3)18-14-11-10-12-15-21-30(35)37-22-25(32)23-38-31(36)24(4)5/h7-8,25-27,32H,2-4,6,9-23H2,1,5H3. The molecule has 0 aliphatic carbocycles. The van der Waals surface area contributed by atoms with Gasteiger partial charge in [0.05, 0.1) is 0 Å². The molecule has 0 radical (unpaired) electrons. The highest BCUT2D eigenvalue weighted by Crippen LogP contribution is 2.19. The highest BCUT2D eigenvalue weighted by molar-refractivity contribution is 5.86. The monoisotopic (exact) mass is 566 g/mol. The summed E-state index contributed by atoms with van der Waals surface area (Å²) in [6.07, 6.45) is 12.2. The molecule has 0 amide bonds. The van der Waals surface area contributed by atoms with Crippen molar-refractivity contribution in [1.29, 1.82) is 0 Å². The molecule has 0 aromatic rings. The molecule has 0 heterocycles. The first-order chi connectivity index (χ1) is 19.1.